The topological polar surface area (TPSA) is 46.3 Å². The van der Waals surface area contributed by atoms with Crippen molar-refractivity contribution >= 4 is 22.2 Å². The van der Waals surface area contributed by atoms with Crippen LogP contribution in [-0.4, -0.2) is 33.7 Å². The van der Waals surface area contributed by atoms with E-state index in [1.54, 1.807) is 0 Å². The van der Waals surface area contributed by atoms with Gasteiger partial charge in [0, 0.05) is 37.2 Å². The second-order valence-electron chi connectivity index (χ2n) is 6.76. The van der Waals surface area contributed by atoms with E-state index in [-0.39, 0.29) is 0 Å². The van der Waals surface area contributed by atoms with Crippen LogP contribution in [0.2, 0.25) is 0 Å². The molecule has 2 aromatic carbocycles. The SMILES string of the molecule is CCCCc1nc2ccccc2c2nc(-c3ccc(N(C)C)cc3)nn12. The Morgan fingerprint density at radius 3 is 2.46 bits per heavy atom. The average Bonchev–Trinajstić information content (AvgIpc) is 3.12. The summed E-state index contributed by atoms with van der Waals surface area (Å²) in [5, 5.41) is 5.83. The van der Waals surface area contributed by atoms with E-state index in [4.69, 9.17) is 15.1 Å². The zero-order chi connectivity index (χ0) is 18.1. The number of nitrogens with zero attached hydrogens (tertiary/aromatic N) is 5. The minimum absolute atomic E-state index is 0.742. The molecular formula is C21H23N5. The van der Waals surface area contributed by atoms with Gasteiger partial charge in [0.05, 0.1) is 5.52 Å². The van der Waals surface area contributed by atoms with Crippen LogP contribution in [0.3, 0.4) is 0 Å². The second kappa shape index (κ2) is 6.75. The third-order valence-corrected chi connectivity index (χ3v) is 4.64. The highest BCUT2D eigenvalue weighted by molar-refractivity contribution is 5.91. The first-order chi connectivity index (χ1) is 12.7. The predicted octanol–water partition coefficient (Wildman–Crippen LogP) is 4.35. The summed E-state index contributed by atoms with van der Waals surface area (Å²) in [5.74, 6) is 1.72. The quantitative estimate of drug-likeness (QED) is 0.539. The van der Waals surface area contributed by atoms with Crippen LogP contribution in [0.1, 0.15) is 25.6 Å². The lowest BCUT2D eigenvalue weighted by molar-refractivity contribution is 0.720. The van der Waals surface area contributed by atoms with Crippen molar-refractivity contribution in [2.45, 2.75) is 26.2 Å². The van der Waals surface area contributed by atoms with Crippen LogP contribution in [0.25, 0.3) is 27.9 Å². The van der Waals surface area contributed by atoms with Crippen LogP contribution in [-0.2, 0) is 6.42 Å². The molecule has 5 heteroatoms. The number of aromatic nitrogens is 4. The van der Waals surface area contributed by atoms with Crippen LogP contribution in [0, 0.1) is 0 Å². The Balaban J connectivity index is 1.88. The number of fused-ring (bicyclic) bond motifs is 3. The summed E-state index contributed by atoms with van der Waals surface area (Å²) >= 11 is 0. The molecule has 5 nitrogen and oxygen atoms in total. The summed E-state index contributed by atoms with van der Waals surface area (Å²) in [5.41, 5.74) is 4.04. The summed E-state index contributed by atoms with van der Waals surface area (Å²) < 4.78 is 1.92. The monoisotopic (exact) mass is 345 g/mol. The molecule has 0 fully saturated rings. The van der Waals surface area contributed by atoms with Crippen molar-refractivity contribution in [3.63, 3.8) is 0 Å². The minimum atomic E-state index is 0.742. The van der Waals surface area contributed by atoms with Gasteiger partial charge in [0.25, 0.3) is 0 Å². The highest BCUT2D eigenvalue weighted by Crippen LogP contribution is 2.24. The molecule has 0 N–H and O–H groups in total. The van der Waals surface area contributed by atoms with Crippen LogP contribution in [0.5, 0.6) is 0 Å². The summed E-state index contributed by atoms with van der Waals surface area (Å²) in [6, 6.07) is 16.5. The smallest absolute Gasteiger partial charge is 0.182 e. The van der Waals surface area contributed by atoms with Crippen LogP contribution in [0.15, 0.2) is 48.5 Å². The molecule has 0 radical (unpaired) electrons. The standard InChI is InChI=1S/C21H23N5/c1-4-5-10-19-22-18-9-7-6-8-17(18)21-23-20(24-26(19)21)15-11-13-16(14-12-15)25(2)3/h6-9,11-14H,4-5,10H2,1-3H3. The Bertz CT molecular complexity index is 1050. The van der Waals surface area contributed by atoms with E-state index in [9.17, 15) is 0 Å². The lowest BCUT2D eigenvalue weighted by atomic mass is 10.2. The van der Waals surface area contributed by atoms with E-state index in [1.807, 2.05) is 36.8 Å². The van der Waals surface area contributed by atoms with Gasteiger partial charge in [-0.2, -0.15) is 4.52 Å². The molecule has 0 bridgehead atoms. The molecule has 2 aromatic heterocycles. The lowest BCUT2D eigenvalue weighted by Crippen LogP contribution is -2.07. The maximum atomic E-state index is 4.85. The summed E-state index contributed by atoms with van der Waals surface area (Å²) in [6.45, 7) is 2.19. The van der Waals surface area contributed by atoms with Crippen molar-refractivity contribution in [3.05, 3.63) is 54.4 Å². The van der Waals surface area contributed by atoms with Gasteiger partial charge in [-0.05, 0) is 42.8 Å². The number of benzene rings is 2. The predicted molar refractivity (Wildman–Crippen MR) is 107 cm³/mol. The van der Waals surface area contributed by atoms with E-state index in [2.05, 4.69) is 42.2 Å². The average molecular weight is 345 g/mol. The van der Waals surface area contributed by atoms with Gasteiger partial charge < -0.3 is 4.90 Å². The molecule has 4 aromatic rings. The molecule has 0 atom stereocenters. The Kier molecular flexibility index (Phi) is 4.29. The molecule has 0 aliphatic rings. The summed E-state index contributed by atoms with van der Waals surface area (Å²) in [4.78, 5) is 11.8. The third kappa shape index (κ3) is 2.90. The van der Waals surface area contributed by atoms with Crippen LogP contribution in [0.4, 0.5) is 5.69 Å². The summed E-state index contributed by atoms with van der Waals surface area (Å²) in [7, 11) is 4.08. The number of para-hydroxylation sites is 1. The minimum Gasteiger partial charge on any atom is -0.378 e. The zero-order valence-corrected chi connectivity index (χ0v) is 15.5. The molecule has 0 aliphatic heterocycles. The number of aryl methyl sites for hydroxylation is 1. The molecule has 2 heterocycles. The summed E-state index contributed by atoms with van der Waals surface area (Å²) in [6.07, 6.45) is 3.12. The van der Waals surface area contributed by atoms with Gasteiger partial charge in [0.1, 0.15) is 5.82 Å². The van der Waals surface area contributed by atoms with Crippen molar-refractivity contribution < 1.29 is 0 Å². The van der Waals surface area contributed by atoms with Crippen molar-refractivity contribution in [2.75, 3.05) is 19.0 Å². The number of unbranched alkanes of at least 4 members (excludes halogenated alkanes) is 1. The highest BCUT2D eigenvalue weighted by Gasteiger charge is 2.14. The Labute approximate surface area is 153 Å². The maximum Gasteiger partial charge on any atom is 0.182 e. The van der Waals surface area contributed by atoms with Crippen molar-refractivity contribution in [2.24, 2.45) is 0 Å². The van der Waals surface area contributed by atoms with Crippen molar-refractivity contribution in [3.8, 4) is 11.4 Å². The van der Waals surface area contributed by atoms with E-state index < -0.39 is 0 Å². The number of hydrogen-bond donors (Lipinski definition) is 0. The Morgan fingerprint density at radius 2 is 1.73 bits per heavy atom. The fraction of sp³-hybridized carbons (Fsp3) is 0.286. The van der Waals surface area contributed by atoms with E-state index in [0.717, 1.165) is 58.7 Å². The van der Waals surface area contributed by atoms with Gasteiger partial charge in [-0.1, -0.05) is 25.5 Å². The van der Waals surface area contributed by atoms with Gasteiger partial charge in [0.15, 0.2) is 11.5 Å². The first-order valence-corrected chi connectivity index (χ1v) is 9.09. The zero-order valence-electron chi connectivity index (χ0n) is 15.5. The van der Waals surface area contributed by atoms with Crippen molar-refractivity contribution in [1.82, 2.24) is 19.6 Å². The van der Waals surface area contributed by atoms with Gasteiger partial charge in [0.2, 0.25) is 0 Å². The Morgan fingerprint density at radius 1 is 0.962 bits per heavy atom. The van der Waals surface area contributed by atoms with Crippen LogP contribution < -0.4 is 4.90 Å². The molecular weight excluding hydrogens is 322 g/mol. The number of rotatable bonds is 5. The van der Waals surface area contributed by atoms with Crippen molar-refractivity contribution in [1.29, 1.82) is 0 Å². The molecule has 0 saturated heterocycles. The van der Waals surface area contributed by atoms with E-state index in [1.165, 1.54) is 0 Å². The normalized spacial score (nSPS) is 11.3. The first-order valence-electron chi connectivity index (χ1n) is 9.09. The molecule has 132 valence electrons. The molecule has 0 saturated carbocycles. The maximum absolute atomic E-state index is 4.85. The largest absolute Gasteiger partial charge is 0.378 e. The highest BCUT2D eigenvalue weighted by atomic mass is 15.3. The fourth-order valence-corrected chi connectivity index (χ4v) is 3.14. The molecule has 4 rings (SSSR count). The number of anilines is 1. The Hall–Kier alpha value is -2.95. The molecule has 26 heavy (non-hydrogen) atoms. The van der Waals surface area contributed by atoms with Gasteiger partial charge >= 0.3 is 0 Å². The second-order valence-corrected chi connectivity index (χ2v) is 6.76. The van der Waals surface area contributed by atoms with Crippen LogP contribution >= 0.6 is 0 Å². The van der Waals surface area contributed by atoms with Gasteiger partial charge in [-0.3, -0.25) is 0 Å². The molecule has 0 spiro atoms. The van der Waals surface area contributed by atoms with E-state index >= 15 is 0 Å². The first kappa shape index (κ1) is 16.5. The molecule has 0 unspecified atom stereocenters. The molecule has 0 amide bonds. The van der Waals surface area contributed by atoms with Gasteiger partial charge in [-0.25, -0.2) is 9.97 Å². The lowest BCUT2D eigenvalue weighted by Gasteiger charge is -2.11. The fourth-order valence-electron chi connectivity index (χ4n) is 3.14. The third-order valence-electron chi connectivity index (χ3n) is 4.64. The van der Waals surface area contributed by atoms with Gasteiger partial charge in [-0.15, -0.1) is 5.10 Å². The molecule has 0 aliphatic carbocycles. The number of hydrogen-bond acceptors (Lipinski definition) is 4. The van der Waals surface area contributed by atoms with E-state index in [0.29, 0.717) is 0 Å².